The SMILES string of the molecule is CCCCN(CC)c1ccc([N+](=O)[O-])cc1/C=N\NS(=O)(=O)c1ccc(C)cc1. The topological polar surface area (TPSA) is 105 Å². The number of hydrazone groups is 1. The number of hydrogen-bond acceptors (Lipinski definition) is 6. The summed E-state index contributed by atoms with van der Waals surface area (Å²) in [5.74, 6) is 0. The Morgan fingerprint density at radius 2 is 1.86 bits per heavy atom. The monoisotopic (exact) mass is 418 g/mol. The molecule has 1 N–H and O–H groups in total. The van der Waals surface area contributed by atoms with Crippen molar-refractivity contribution in [3.05, 3.63) is 63.7 Å². The van der Waals surface area contributed by atoms with Gasteiger partial charge in [0.15, 0.2) is 0 Å². The fraction of sp³-hybridized carbons (Fsp3) is 0.350. The fourth-order valence-electron chi connectivity index (χ4n) is 2.78. The molecule has 0 aromatic heterocycles. The van der Waals surface area contributed by atoms with Gasteiger partial charge in [0.1, 0.15) is 0 Å². The van der Waals surface area contributed by atoms with Crippen molar-refractivity contribution in [2.24, 2.45) is 5.10 Å². The Bertz CT molecular complexity index is 972. The van der Waals surface area contributed by atoms with E-state index < -0.39 is 14.9 Å². The third-order valence-corrected chi connectivity index (χ3v) is 5.67. The number of anilines is 1. The van der Waals surface area contributed by atoms with Crippen LogP contribution in [0.5, 0.6) is 0 Å². The van der Waals surface area contributed by atoms with E-state index in [1.807, 2.05) is 13.8 Å². The molecule has 9 heteroatoms. The second-order valence-corrected chi connectivity index (χ2v) is 8.26. The van der Waals surface area contributed by atoms with E-state index in [9.17, 15) is 18.5 Å². The maximum atomic E-state index is 12.4. The van der Waals surface area contributed by atoms with Crippen molar-refractivity contribution in [2.75, 3.05) is 18.0 Å². The third kappa shape index (κ3) is 6.02. The van der Waals surface area contributed by atoms with Gasteiger partial charge >= 0.3 is 0 Å². The van der Waals surface area contributed by atoms with Crippen LogP contribution in [0.4, 0.5) is 11.4 Å². The molecule has 0 saturated carbocycles. The van der Waals surface area contributed by atoms with Crippen molar-refractivity contribution in [3.63, 3.8) is 0 Å². The number of nitrogens with one attached hydrogen (secondary N) is 1. The Balaban J connectivity index is 2.32. The number of sulfonamides is 1. The number of nitro benzene ring substituents is 1. The Labute approximate surface area is 171 Å². The predicted molar refractivity (Wildman–Crippen MR) is 115 cm³/mol. The minimum atomic E-state index is -3.82. The molecule has 0 atom stereocenters. The number of rotatable bonds is 10. The van der Waals surface area contributed by atoms with Gasteiger partial charge in [-0.15, -0.1) is 0 Å². The van der Waals surface area contributed by atoms with E-state index in [2.05, 4.69) is 21.8 Å². The number of nitro groups is 1. The zero-order valence-corrected chi connectivity index (χ0v) is 17.6. The molecule has 0 heterocycles. The summed E-state index contributed by atoms with van der Waals surface area (Å²) >= 11 is 0. The van der Waals surface area contributed by atoms with E-state index in [4.69, 9.17) is 0 Å². The Hall–Kier alpha value is -2.94. The molecular weight excluding hydrogens is 392 g/mol. The predicted octanol–water partition coefficient (Wildman–Crippen LogP) is 3.84. The number of benzene rings is 2. The van der Waals surface area contributed by atoms with Gasteiger partial charge in [-0.1, -0.05) is 31.0 Å². The molecular formula is C20H26N4O4S. The first-order chi connectivity index (χ1) is 13.8. The molecule has 2 rings (SSSR count). The van der Waals surface area contributed by atoms with E-state index in [-0.39, 0.29) is 10.6 Å². The number of unbranched alkanes of at least 4 members (excludes halogenated alkanes) is 1. The highest BCUT2D eigenvalue weighted by atomic mass is 32.2. The van der Waals surface area contributed by atoms with Crippen molar-refractivity contribution < 1.29 is 13.3 Å². The van der Waals surface area contributed by atoms with Gasteiger partial charge in [-0.25, -0.2) is 4.83 Å². The van der Waals surface area contributed by atoms with E-state index >= 15 is 0 Å². The minimum absolute atomic E-state index is 0.0804. The lowest BCUT2D eigenvalue weighted by Gasteiger charge is -2.24. The van der Waals surface area contributed by atoms with Crippen LogP contribution in [0.3, 0.4) is 0 Å². The van der Waals surface area contributed by atoms with Crippen LogP contribution in [-0.4, -0.2) is 32.6 Å². The van der Waals surface area contributed by atoms with Crippen LogP contribution in [0.1, 0.15) is 37.8 Å². The first-order valence-electron chi connectivity index (χ1n) is 9.43. The molecule has 0 radical (unpaired) electrons. The highest BCUT2D eigenvalue weighted by molar-refractivity contribution is 7.89. The fourth-order valence-corrected chi connectivity index (χ4v) is 3.57. The molecule has 156 valence electrons. The smallest absolute Gasteiger partial charge is 0.276 e. The maximum Gasteiger partial charge on any atom is 0.276 e. The average Bonchev–Trinajstić information content (AvgIpc) is 2.69. The van der Waals surface area contributed by atoms with E-state index in [1.54, 1.807) is 18.2 Å². The molecule has 8 nitrogen and oxygen atoms in total. The van der Waals surface area contributed by atoms with Gasteiger partial charge in [0.05, 0.1) is 16.0 Å². The molecule has 0 fully saturated rings. The van der Waals surface area contributed by atoms with E-state index in [1.165, 1.54) is 30.5 Å². The number of aryl methyl sites for hydroxylation is 1. The molecule has 0 spiro atoms. The molecule has 2 aromatic carbocycles. The molecule has 0 aliphatic carbocycles. The number of non-ortho nitro benzene ring substituents is 1. The van der Waals surface area contributed by atoms with Crippen LogP contribution >= 0.6 is 0 Å². The summed E-state index contributed by atoms with van der Waals surface area (Å²) in [5, 5.41) is 15.0. The summed E-state index contributed by atoms with van der Waals surface area (Å²) < 4.78 is 24.8. The van der Waals surface area contributed by atoms with Crippen molar-refractivity contribution in [1.82, 2.24) is 4.83 Å². The summed E-state index contributed by atoms with van der Waals surface area (Å²) in [6.07, 6.45) is 3.30. The largest absolute Gasteiger partial charge is 0.371 e. The van der Waals surface area contributed by atoms with Crippen molar-refractivity contribution >= 4 is 27.6 Å². The van der Waals surface area contributed by atoms with Crippen molar-refractivity contribution in [2.45, 2.75) is 38.5 Å². The summed E-state index contributed by atoms with van der Waals surface area (Å²) in [6.45, 7) is 7.46. The average molecular weight is 419 g/mol. The lowest BCUT2D eigenvalue weighted by Crippen LogP contribution is -2.25. The van der Waals surface area contributed by atoms with E-state index in [0.717, 1.165) is 30.6 Å². The van der Waals surface area contributed by atoms with E-state index in [0.29, 0.717) is 12.1 Å². The van der Waals surface area contributed by atoms with Gasteiger partial charge in [0.25, 0.3) is 15.7 Å². The van der Waals surface area contributed by atoms with Crippen molar-refractivity contribution in [3.8, 4) is 0 Å². The summed E-state index contributed by atoms with van der Waals surface area (Å²) in [6, 6.07) is 10.9. The van der Waals surface area contributed by atoms with Crippen LogP contribution in [0, 0.1) is 17.0 Å². The van der Waals surface area contributed by atoms with Gasteiger partial charge in [-0.3, -0.25) is 10.1 Å². The molecule has 0 bridgehead atoms. The second-order valence-electron chi connectivity index (χ2n) is 6.60. The Kier molecular flexibility index (Phi) is 7.72. The quantitative estimate of drug-likeness (QED) is 0.358. The van der Waals surface area contributed by atoms with Gasteiger partial charge in [-0.05, 0) is 38.5 Å². The van der Waals surface area contributed by atoms with Crippen molar-refractivity contribution in [1.29, 1.82) is 0 Å². The molecule has 0 aliphatic rings. The maximum absolute atomic E-state index is 12.4. The third-order valence-electron chi connectivity index (χ3n) is 4.43. The minimum Gasteiger partial charge on any atom is -0.371 e. The van der Waals surface area contributed by atoms with Gasteiger partial charge in [0.2, 0.25) is 0 Å². The summed E-state index contributed by atoms with van der Waals surface area (Å²) in [5.41, 5.74) is 2.11. The normalized spacial score (nSPS) is 11.6. The van der Waals surface area contributed by atoms with Gasteiger partial charge in [-0.2, -0.15) is 13.5 Å². The first kappa shape index (κ1) is 22.4. The lowest BCUT2D eigenvalue weighted by molar-refractivity contribution is -0.384. The zero-order chi connectivity index (χ0) is 21.4. The van der Waals surface area contributed by atoms with Crippen LogP contribution in [0.2, 0.25) is 0 Å². The zero-order valence-electron chi connectivity index (χ0n) is 16.8. The second kappa shape index (κ2) is 10.0. The van der Waals surface area contributed by atoms with Crippen LogP contribution in [0.15, 0.2) is 52.5 Å². The lowest BCUT2D eigenvalue weighted by atomic mass is 10.1. The molecule has 2 aromatic rings. The molecule has 29 heavy (non-hydrogen) atoms. The van der Waals surface area contributed by atoms with Gasteiger partial charge in [0, 0.05) is 36.5 Å². The molecule has 0 aliphatic heterocycles. The van der Waals surface area contributed by atoms with Crippen LogP contribution < -0.4 is 9.73 Å². The Morgan fingerprint density at radius 1 is 1.17 bits per heavy atom. The first-order valence-corrected chi connectivity index (χ1v) is 10.9. The standard InChI is InChI=1S/C20H26N4O4S/c1-4-6-13-23(5-2)20-12-9-18(24(25)26)14-17(20)15-21-22-29(27,28)19-10-7-16(3)8-11-19/h7-12,14-15,22H,4-6,13H2,1-3H3/b21-15-. The highest BCUT2D eigenvalue weighted by Crippen LogP contribution is 2.25. The molecule has 0 unspecified atom stereocenters. The number of nitrogens with zero attached hydrogens (tertiary/aromatic N) is 3. The van der Waals surface area contributed by atoms with Crippen LogP contribution in [-0.2, 0) is 10.0 Å². The summed E-state index contributed by atoms with van der Waals surface area (Å²) in [4.78, 5) is 15.0. The highest BCUT2D eigenvalue weighted by Gasteiger charge is 2.15. The molecule has 0 saturated heterocycles. The summed E-state index contributed by atoms with van der Waals surface area (Å²) in [7, 11) is -3.82. The molecule has 0 amide bonds. The van der Waals surface area contributed by atoms with Crippen LogP contribution in [0.25, 0.3) is 0 Å². The Morgan fingerprint density at radius 3 is 2.45 bits per heavy atom. The van der Waals surface area contributed by atoms with Gasteiger partial charge < -0.3 is 4.90 Å². The number of hydrogen-bond donors (Lipinski definition) is 1.